The molecule has 1 heterocycles. The third kappa shape index (κ3) is 2.46. The third-order valence-electron chi connectivity index (χ3n) is 4.63. The van der Waals surface area contributed by atoms with E-state index in [0.29, 0.717) is 0 Å². The SMILES string of the molecule is COC(C[SiH3])C(OC)(OC)C1(C(C)(C)C)CC(=O)NC1=O. The zero-order chi connectivity index (χ0) is 16.5. The highest BCUT2D eigenvalue weighted by atomic mass is 28.1. The molecular formula is C14H27NO5Si. The van der Waals surface area contributed by atoms with E-state index in [1.54, 1.807) is 7.11 Å². The first kappa shape index (κ1) is 18.3. The van der Waals surface area contributed by atoms with Crippen LogP contribution in [0, 0.1) is 10.8 Å². The van der Waals surface area contributed by atoms with Gasteiger partial charge in [-0.3, -0.25) is 14.9 Å². The number of ether oxygens (including phenoxy) is 3. The highest BCUT2D eigenvalue weighted by molar-refractivity contribution is 6.09. The van der Waals surface area contributed by atoms with Crippen molar-refractivity contribution in [3.63, 3.8) is 0 Å². The van der Waals surface area contributed by atoms with E-state index in [1.807, 2.05) is 20.8 Å². The van der Waals surface area contributed by atoms with E-state index < -0.39 is 22.7 Å². The molecule has 1 aliphatic heterocycles. The summed E-state index contributed by atoms with van der Waals surface area (Å²) < 4.78 is 17.0. The second-order valence-electron chi connectivity index (χ2n) is 6.42. The lowest BCUT2D eigenvalue weighted by Gasteiger charge is -2.53. The highest BCUT2D eigenvalue weighted by Gasteiger charge is 2.70. The molecule has 0 aliphatic carbocycles. The van der Waals surface area contributed by atoms with Crippen molar-refractivity contribution < 1.29 is 23.8 Å². The largest absolute Gasteiger partial charge is 0.376 e. The molecule has 1 aliphatic rings. The van der Waals surface area contributed by atoms with E-state index in [-0.39, 0.29) is 18.2 Å². The number of nitrogens with one attached hydrogen (secondary N) is 1. The Morgan fingerprint density at radius 2 is 1.76 bits per heavy atom. The quantitative estimate of drug-likeness (QED) is 0.419. The first-order valence-corrected chi connectivity index (χ1v) is 8.55. The summed E-state index contributed by atoms with van der Waals surface area (Å²) in [5.74, 6) is -1.98. The molecule has 7 heteroatoms. The topological polar surface area (TPSA) is 73.9 Å². The number of amides is 2. The Hall–Kier alpha value is -0.763. The van der Waals surface area contributed by atoms with Gasteiger partial charge in [0.1, 0.15) is 11.5 Å². The molecule has 1 N–H and O–H groups in total. The van der Waals surface area contributed by atoms with Crippen LogP contribution in [0.2, 0.25) is 6.04 Å². The Kier molecular flexibility index (Phi) is 5.36. The van der Waals surface area contributed by atoms with Crippen LogP contribution in [-0.2, 0) is 23.8 Å². The molecule has 2 amide bonds. The molecular weight excluding hydrogens is 290 g/mol. The molecule has 0 aromatic carbocycles. The molecule has 0 saturated carbocycles. The van der Waals surface area contributed by atoms with Crippen molar-refractivity contribution in [1.82, 2.24) is 5.32 Å². The van der Waals surface area contributed by atoms with Gasteiger partial charge in [-0.25, -0.2) is 0 Å². The summed E-state index contributed by atoms with van der Waals surface area (Å²) in [7, 11) is 5.42. The number of methoxy groups -OCH3 is 3. The van der Waals surface area contributed by atoms with Gasteiger partial charge >= 0.3 is 0 Å². The summed E-state index contributed by atoms with van der Waals surface area (Å²) >= 11 is 0. The van der Waals surface area contributed by atoms with Gasteiger partial charge in [-0.15, -0.1) is 0 Å². The van der Waals surface area contributed by atoms with Crippen molar-refractivity contribution in [1.29, 1.82) is 0 Å². The summed E-state index contributed by atoms with van der Waals surface area (Å²) in [5.41, 5.74) is -1.70. The van der Waals surface area contributed by atoms with E-state index in [1.165, 1.54) is 14.2 Å². The lowest BCUT2D eigenvalue weighted by atomic mass is 9.59. The Balaban J connectivity index is 3.62. The number of hydrogen-bond donors (Lipinski definition) is 1. The van der Waals surface area contributed by atoms with Crippen LogP contribution >= 0.6 is 0 Å². The average Bonchev–Trinajstić information content (AvgIpc) is 2.72. The maximum absolute atomic E-state index is 12.7. The van der Waals surface area contributed by atoms with Gasteiger partial charge in [0, 0.05) is 38.0 Å². The van der Waals surface area contributed by atoms with Crippen molar-refractivity contribution in [2.75, 3.05) is 21.3 Å². The van der Waals surface area contributed by atoms with Crippen molar-refractivity contribution in [2.24, 2.45) is 10.8 Å². The van der Waals surface area contributed by atoms with Gasteiger partial charge < -0.3 is 14.2 Å². The zero-order valence-corrected chi connectivity index (χ0v) is 16.0. The van der Waals surface area contributed by atoms with Crippen molar-refractivity contribution >= 4 is 22.1 Å². The Bertz CT molecular complexity index is 412. The zero-order valence-electron chi connectivity index (χ0n) is 14.0. The molecule has 0 radical (unpaired) electrons. The standard InChI is InChI=1S/C14H27NO5Si/c1-12(2,3)13(7-10(16)15-11(13)17)14(19-5,20-6)9(8-21)18-4/h9H,7-8H2,1-6,21H3,(H,15,16,17). The van der Waals surface area contributed by atoms with Crippen LogP contribution in [0.15, 0.2) is 0 Å². The van der Waals surface area contributed by atoms with E-state index >= 15 is 0 Å². The van der Waals surface area contributed by atoms with Crippen LogP contribution in [0.4, 0.5) is 0 Å². The predicted octanol–water partition coefficient (Wildman–Crippen LogP) is -0.147. The number of carbonyl (C=O) groups excluding carboxylic acids is 2. The smallest absolute Gasteiger partial charge is 0.239 e. The lowest BCUT2D eigenvalue weighted by molar-refractivity contribution is -0.327. The number of hydrogen-bond acceptors (Lipinski definition) is 5. The minimum absolute atomic E-state index is 0.0262. The maximum Gasteiger partial charge on any atom is 0.239 e. The summed E-state index contributed by atoms with van der Waals surface area (Å²) in [6, 6.07) is 0.720. The molecule has 0 aromatic rings. The van der Waals surface area contributed by atoms with Gasteiger partial charge in [-0.05, 0) is 11.5 Å². The molecule has 21 heavy (non-hydrogen) atoms. The van der Waals surface area contributed by atoms with Crippen LogP contribution in [0.1, 0.15) is 27.2 Å². The van der Waals surface area contributed by atoms with Gasteiger partial charge in [0.05, 0.1) is 0 Å². The van der Waals surface area contributed by atoms with Crippen LogP contribution in [0.5, 0.6) is 0 Å². The van der Waals surface area contributed by atoms with Crippen LogP contribution in [-0.4, -0.2) is 55.3 Å². The molecule has 0 spiro atoms. The Morgan fingerprint density at radius 1 is 1.24 bits per heavy atom. The second-order valence-corrected chi connectivity index (χ2v) is 7.23. The van der Waals surface area contributed by atoms with Crippen molar-refractivity contribution in [3.05, 3.63) is 0 Å². The van der Waals surface area contributed by atoms with Crippen molar-refractivity contribution in [3.8, 4) is 0 Å². The molecule has 0 aromatic heterocycles. The van der Waals surface area contributed by atoms with Crippen LogP contribution in [0.3, 0.4) is 0 Å². The summed E-state index contributed by atoms with van der Waals surface area (Å²) in [6.45, 7) is 5.74. The van der Waals surface area contributed by atoms with Gasteiger partial charge in [0.2, 0.25) is 17.6 Å². The predicted molar refractivity (Wildman–Crippen MR) is 81.9 cm³/mol. The molecule has 2 atom stereocenters. The highest BCUT2D eigenvalue weighted by Crippen LogP contribution is 2.55. The Morgan fingerprint density at radius 3 is 2.00 bits per heavy atom. The summed E-state index contributed by atoms with van der Waals surface area (Å²) in [5, 5.41) is 2.41. The van der Waals surface area contributed by atoms with E-state index in [4.69, 9.17) is 14.2 Å². The molecule has 1 fully saturated rings. The number of rotatable bonds is 6. The summed E-state index contributed by atoms with van der Waals surface area (Å²) in [6.07, 6.45) is -0.395. The molecule has 1 saturated heterocycles. The van der Waals surface area contributed by atoms with Gasteiger partial charge in [-0.2, -0.15) is 0 Å². The first-order valence-electron chi connectivity index (χ1n) is 7.14. The fourth-order valence-electron chi connectivity index (χ4n) is 3.57. The molecule has 1 rings (SSSR count). The van der Waals surface area contributed by atoms with E-state index in [2.05, 4.69) is 5.32 Å². The maximum atomic E-state index is 12.7. The number of carbonyl (C=O) groups is 2. The van der Waals surface area contributed by atoms with Crippen LogP contribution in [0.25, 0.3) is 0 Å². The normalized spacial score (nSPS) is 25.2. The van der Waals surface area contributed by atoms with E-state index in [9.17, 15) is 9.59 Å². The fourth-order valence-corrected chi connectivity index (χ4v) is 4.44. The fraction of sp³-hybridized carbons (Fsp3) is 0.857. The molecule has 0 bridgehead atoms. The number of imide groups is 1. The summed E-state index contributed by atoms with van der Waals surface area (Å²) in [4.78, 5) is 24.6. The second kappa shape index (κ2) is 6.16. The molecule has 122 valence electrons. The Labute approximate surface area is 129 Å². The average molecular weight is 317 g/mol. The first-order chi connectivity index (χ1) is 9.66. The van der Waals surface area contributed by atoms with Gasteiger partial charge in [0.15, 0.2) is 0 Å². The lowest BCUT2D eigenvalue weighted by Crippen LogP contribution is -2.66. The minimum atomic E-state index is -1.31. The van der Waals surface area contributed by atoms with Crippen molar-refractivity contribution in [2.45, 2.75) is 45.1 Å². The third-order valence-corrected chi connectivity index (χ3v) is 5.37. The molecule has 2 unspecified atom stereocenters. The van der Waals surface area contributed by atoms with Gasteiger partial charge in [-0.1, -0.05) is 20.8 Å². The monoisotopic (exact) mass is 317 g/mol. The molecule has 6 nitrogen and oxygen atoms in total. The van der Waals surface area contributed by atoms with E-state index in [0.717, 1.165) is 16.3 Å². The van der Waals surface area contributed by atoms with Gasteiger partial charge in [0.25, 0.3) is 0 Å². The minimum Gasteiger partial charge on any atom is -0.376 e. The van der Waals surface area contributed by atoms with Crippen LogP contribution < -0.4 is 5.32 Å².